The summed E-state index contributed by atoms with van der Waals surface area (Å²) in [7, 11) is -1.69. The van der Waals surface area contributed by atoms with Crippen molar-refractivity contribution in [2.45, 2.75) is 45.0 Å². The Labute approximate surface area is 106 Å². The second kappa shape index (κ2) is 4.11. The normalized spacial score (nSPS) is 19.5. The van der Waals surface area contributed by atoms with Gasteiger partial charge in [-0.1, -0.05) is 57.2 Å². The Balaban J connectivity index is 2.21. The van der Waals surface area contributed by atoms with Crippen LogP contribution in [0.25, 0.3) is 6.08 Å². The molecule has 1 aromatic rings. The van der Waals surface area contributed by atoms with E-state index in [0.717, 1.165) is 0 Å². The molecule has 0 amide bonds. The molecule has 1 nitrogen and oxygen atoms in total. The van der Waals surface area contributed by atoms with Crippen LogP contribution in [-0.2, 0) is 4.43 Å². The van der Waals surface area contributed by atoms with E-state index in [-0.39, 0.29) is 11.1 Å². The van der Waals surface area contributed by atoms with Gasteiger partial charge in [0, 0.05) is 0 Å². The predicted octanol–water partition coefficient (Wildman–Crippen LogP) is 4.78. The summed E-state index contributed by atoms with van der Waals surface area (Å²) in [5, 5.41) is 0.262. The second-order valence-corrected chi connectivity index (χ2v) is 11.0. The van der Waals surface area contributed by atoms with E-state index in [1.165, 1.54) is 11.1 Å². The molecule has 1 aliphatic rings. The van der Waals surface area contributed by atoms with Crippen LogP contribution in [0.5, 0.6) is 0 Å². The molecule has 1 aliphatic carbocycles. The molecule has 0 N–H and O–H groups in total. The Morgan fingerprint density at radius 1 is 1.12 bits per heavy atom. The lowest BCUT2D eigenvalue weighted by molar-refractivity contribution is 0.232. The molecule has 1 aromatic carbocycles. The third-order valence-electron chi connectivity index (χ3n) is 3.98. The summed E-state index contributed by atoms with van der Waals surface area (Å²) >= 11 is 0. The summed E-state index contributed by atoms with van der Waals surface area (Å²) in [5.41, 5.74) is 2.62. The molecule has 0 heterocycles. The number of hydrogen-bond acceptors (Lipinski definition) is 1. The Kier molecular flexibility index (Phi) is 3.04. The predicted molar refractivity (Wildman–Crippen MR) is 76.5 cm³/mol. The summed E-state index contributed by atoms with van der Waals surface area (Å²) in [5.74, 6) is 0. The van der Waals surface area contributed by atoms with Crippen LogP contribution in [0, 0.1) is 0 Å². The Morgan fingerprint density at radius 3 is 2.41 bits per heavy atom. The molecular weight excluding hydrogens is 224 g/mol. The minimum Gasteiger partial charge on any atom is -0.406 e. The largest absolute Gasteiger partial charge is 0.406 e. The average Bonchev–Trinajstić information content (AvgIpc) is 2.60. The zero-order valence-corrected chi connectivity index (χ0v) is 12.4. The molecule has 0 unspecified atom stereocenters. The van der Waals surface area contributed by atoms with Crippen LogP contribution in [0.3, 0.4) is 0 Å². The monoisotopic (exact) mass is 246 g/mol. The fourth-order valence-electron chi connectivity index (χ4n) is 1.81. The van der Waals surface area contributed by atoms with Gasteiger partial charge in [-0.2, -0.15) is 0 Å². The smallest absolute Gasteiger partial charge is 0.193 e. The topological polar surface area (TPSA) is 9.23 Å². The van der Waals surface area contributed by atoms with Crippen molar-refractivity contribution in [3.05, 3.63) is 41.5 Å². The van der Waals surface area contributed by atoms with Crippen molar-refractivity contribution < 1.29 is 4.43 Å². The van der Waals surface area contributed by atoms with Crippen molar-refractivity contribution in [1.29, 1.82) is 0 Å². The molecular formula is C15H22OSi. The van der Waals surface area contributed by atoms with Gasteiger partial charge in [-0.15, -0.1) is 0 Å². The first-order valence-corrected chi connectivity index (χ1v) is 9.17. The third-order valence-corrected chi connectivity index (χ3v) is 8.44. The Morgan fingerprint density at radius 2 is 1.76 bits per heavy atom. The van der Waals surface area contributed by atoms with Gasteiger partial charge >= 0.3 is 0 Å². The first-order chi connectivity index (χ1) is 7.81. The first-order valence-electron chi connectivity index (χ1n) is 6.26. The van der Waals surface area contributed by atoms with Crippen molar-refractivity contribution in [3.63, 3.8) is 0 Å². The summed E-state index contributed by atoms with van der Waals surface area (Å²) in [6, 6.07) is 8.50. The maximum atomic E-state index is 6.44. The lowest BCUT2D eigenvalue weighted by Crippen LogP contribution is -2.41. The van der Waals surface area contributed by atoms with E-state index in [2.05, 4.69) is 70.3 Å². The minimum atomic E-state index is -1.69. The Hall–Kier alpha value is -0.863. The van der Waals surface area contributed by atoms with Gasteiger partial charge in [-0.05, 0) is 29.3 Å². The van der Waals surface area contributed by atoms with E-state index in [1.54, 1.807) is 0 Å². The molecule has 0 bridgehead atoms. The number of hydrogen-bond donors (Lipinski definition) is 0. The standard InChI is InChI=1S/C15H22OSi/c1-15(2,3)17(4,5)16-14-11-10-12-8-6-7-9-13(12)14/h6-11,14H,1-5H3/t14-/m0/s1. The summed E-state index contributed by atoms with van der Waals surface area (Å²) in [6.07, 6.45) is 4.52. The van der Waals surface area contributed by atoms with Crippen LogP contribution in [0.1, 0.15) is 38.0 Å². The third kappa shape index (κ3) is 2.38. The van der Waals surface area contributed by atoms with Crippen LogP contribution in [0.15, 0.2) is 30.3 Å². The maximum absolute atomic E-state index is 6.44. The van der Waals surface area contributed by atoms with E-state index in [0.29, 0.717) is 0 Å². The number of rotatable bonds is 2. The van der Waals surface area contributed by atoms with E-state index in [4.69, 9.17) is 4.43 Å². The van der Waals surface area contributed by atoms with Crippen LogP contribution in [0.4, 0.5) is 0 Å². The first kappa shape index (κ1) is 12.6. The lowest BCUT2D eigenvalue weighted by Gasteiger charge is -2.38. The minimum absolute atomic E-state index is 0.159. The van der Waals surface area contributed by atoms with Crippen LogP contribution in [0.2, 0.25) is 18.1 Å². The SMILES string of the molecule is CC(C)(C)[Si](C)(C)O[C@H]1C=Cc2ccccc21. The lowest BCUT2D eigenvalue weighted by atomic mass is 10.1. The van der Waals surface area contributed by atoms with Crippen LogP contribution >= 0.6 is 0 Å². The Bertz CT molecular complexity index is 440. The molecule has 17 heavy (non-hydrogen) atoms. The summed E-state index contributed by atoms with van der Waals surface area (Å²) in [4.78, 5) is 0. The summed E-state index contributed by atoms with van der Waals surface area (Å²) in [6.45, 7) is 11.5. The molecule has 0 saturated carbocycles. The van der Waals surface area contributed by atoms with Gasteiger partial charge < -0.3 is 4.43 Å². The van der Waals surface area contributed by atoms with Gasteiger partial charge in [-0.25, -0.2) is 0 Å². The quantitative estimate of drug-likeness (QED) is 0.683. The van der Waals surface area contributed by atoms with Gasteiger partial charge in [0.15, 0.2) is 8.32 Å². The van der Waals surface area contributed by atoms with E-state index < -0.39 is 8.32 Å². The molecule has 2 heteroatoms. The van der Waals surface area contributed by atoms with Gasteiger partial charge in [0.05, 0.1) is 6.10 Å². The highest BCUT2D eigenvalue weighted by Gasteiger charge is 2.39. The van der Waals surface area contributed by atoms with Crippen LogP contribution in [-0.4, -0.2) is 8.32 Å². The molecule has 0 aliphatic heterocycles. The van der Waals surface area contributed by atoms with Gasteiger partial charge in [0.1, 0.15) is 0 Å². The number of benzene rings is 1. The van der Waals surface area contributed by atoms with Crippen molar-refractivity contribution in [3.8, 4) is 0 Å². The van der Waals surface area contributed by atoms with E-state index >= 15 is 0 Å². The molecule has 0 spiro atoms. The highest BCUT2D eigenvalue weighted by atomic mass is 28.4. The highest BCUT2D eigenvalue weighted by molar-refractivity contribution is 6.74. The molecule has 92 valence electrons. The molecule has 2 rings (SSSR count). The molecule has 0 radical (unpaired) electrons. The molecule has 1 atom stereocenters. The van der Waals surface area contributed by atoms with Gasteiger partial charge in [0.2, 0.25) is 0 Å². The van der Waals surface area contributed by atoms with E-state index in [9.17, 15) is 0 Å². The molecule has 0 aromatic heterocycles. The van der Waals surface area contributed by atoms with Crippen molar-refractivity contribution in [2.75, 3.05) is 0 Å². The summed E-state index contributed by atoms with van der Waals surface area (Å²) < 4.78 is 6.44. The van der Waals surface area contributed by atoms with Gasteiger partial charge in [0.25, 0.3) is 0 Å². The molecule has 0 fully saturated rings. The number of fused-ring (bicyclic) bond motifs is 1. The fourth-order valence-corrected chi connectivity index (χ4v) is 3.01. The van der Waals surface area contributed by atoms with Crippen molar-refractivity contribution in [2.24, 2.45) is 0 Å². The van der Waals surface area contributed by atoms with Crippen molar-refractivity contribution in [1.82, 2.24) is 0 Å². The fraction of sp³-hybridized carbons (Fsp3) is 0.467. The zero-order valence-electron chi connectivity index (χ0n) is 11.4. The maximum Gasteiger partial charge on any atom is 0.193 e. The van der Waals surface area contributed by atoms with Gasteiger partial charge in [-0.3, -0.25) is 0 Å². The zero-order chi connectivity index (χ0) is 12.7. The average molecular weight is 246 g/mol. The van der Waals surface area contributed by atoms with Crippen molar-refractivity contribution >= 4 is 14.4 Å². The van der Waals surface area contributed by atoms with E-state index in [1.807, 2.05) is 0 Å². The van der Waals surface area contributed by atoms with Crippen LogP contribution < -0.4 is 0 Å². The second-order valence-electron chi connectivity index (χ2n) is 6.29. The highest BCUT2D eigenvalue weighted by Crippen LogP contribution is 2.42. The molecule has 0 saturated heterocycles.